The first-order chi connectivity index (χ1) is 11.7. The SMILES string of the molecule is COc1ncc2ccc3c(C(N)=O)nn(C4CCNCC4)c3c2n1.Cl. The highest BCUT2D eigenvalue weighted by Gasteiger charge is 2.24. The van der Waals surface area contributed by atoms with E-state index in [4.69, 9.17) is 10.5 Å². The third-order valence-electron chi connectivity index (χ3n) is 4.47. The Hall–Kier alpha value is -2.45. The summed E-state index contributed by atoms with van der Waals surface area (Å²) in [6.45, 7) is 1.84. The quantitative estimate of drug-likeness (QED) is 0.729. The molecular formula is C16H19ClN6O2. The third-order valence-corrected chi connectivity index (χ3v) is 4.47. The van der Waals surface area contributed by atoms with Crippen LogP contribution < -0.4 is 15.8 Å². The van der Waals surface area contributed by atoms with Crippen molar-refractivity contribution in [1.29, 1.82) is 0 Å². The van der Waals surface area contributed by atoms with Crippen LogP contribution in [0.25, 0.3) is 21.8 Å². The molecule has 3 heterocycles. The lowest BCUT2D eigenvalue weighted by Crippen LogP contribution is -2.30. The molecule has 3 aromatic rings. The molecule has 4 rings (SSSR count). The highest BCUT2D eigenvalue weighted by Crippen LogP contribution is 2.31. The molecule has 1 amide bonds. The van der Waals surface area contributed by atoms with Gasteiger partial charge in [-0.3, -0.25) is 9.48 Å². The lowest BCUT2D eigenvalue weighted by atomic mass is 10.1. The van der Waals surface area contributed by atoms with Gasteiger partial charge in [0.1, 0.15) is 5.52 Å². The zero-order chi connectivity index (χ0) is 16.7. The van der Waals surface area contributed by atoms with Crippen LogP contribution in [-0.2, 0) is 0 Å². The van der Waals surface area contributed by atoms with Crippen LogP contribution in [0.5, 0.6) is 6.01 Å². The van der Waals surface area contributed by atoms with E-state index in [1.807, 2.05) is 16.8 Å². The molecule has 1 aliphatic rings. The standard InChI is InChI=1S/C16H18N6O2.ClH/c1-24-16-19-8-9-2-3-11-13(15(17)23)21-22(14(11)12(9)20-16)10-4-6-18-7-5-10;/h2-3,8,10,18H,4-7H2,1H3,(H2,17,23);1H. The van der Waals surface area contributed by atoms with E-state index in [2.05, 4.69) is 20.4 Å². The number of primary amides is 1. The summed E-state index contributed by atoms with van der Waals surface area (Å²) in [6, 6.07) is 4.22. The van der Waals surface area contributed by atoms with Gasteiger partial charge in [-0.1, -0.05) is 6.07 Å². The first kappa shape index (κ1) is 17.4. The van der Waals surface area contributed by atoms with Crippen LogP contribution in [0, 0.1) is 0 Å². The Bertz CT molecular complexity index is 935. The summed E-state index contributed by atoms with van der Waals surface area (Å²) in [7, 11) is 1.53. The number of benzene rings is 1. The molecule has 0 saturated carbocycles. The second-order valence-electron chi connectivity index (χ2n) is 5.89. The van der Waals surface area contributed by atoms with Gasteiger partial charge < -0.3 is 15.8 Å². The molecule has 25 heavy (non-hydrogen) atoms. The zero-order valence-corrected chi connectivity index (χ0v) is 14.5. The third kappa shape index (κ3) is 2.87. The van der Waals surface area contributed by atoms with E-state index in [0.29, 0.717) is 5.39 Å². The van der Waals surface area contributed by atoms with Gasteiger partial charge in [-0.2, -0.15) is 10.1 Å². The Labute approximate surface area is 150 Å². The molecule has 0 bridgehead atoms. The Morgan fingerprint density at radius 3 is 2.80 bits per heavy atom. The topological polar surface area (TPSA) is 108 Å². The van der Waals surface area contributed by atoms with Crippen molar-refractivity contribution in [3.05, 3.63) is 24.0 Å². The fourth-order valence-corrected chi connectivity index (χ4v) is 3.30. The second kappa shape index (κ2) is 6.81. The number of amides is 1. The van der Waals surface area contributed by atoms with Gasteiger partial charge >= 0.3 is 6.01 Å². The van der Waals surface area contributed by atoms with Crippen LogP contribution in [0.3, 0.4) is 0 Å². The van der Waals surface area contributed by atoms with Gasteiger partial charge in [-0.05, 0) is 32.0 Å². The monoisotopic (exact) mass is 362 g/mol. The van der Waals surface area contributed by atoms with Crippen LogP contribution in [-0.4, -0.2) is 45.9 Å². The van der Waals surface area contributed by atoms with Crippen molar-refractivity contribution in [2.24, 2.45) is 5.73 Å². The van der Waals surface area contributed by atoms with Crippen molar-refractivity contribution >= 4 is 40.1 Å². The molecule has 0 atom stereocenters. The molecule has 132 valence electrons. The van der Waals surface area contributed by atoms with Crippen LogP contribution in [0.2, 0.25) is 0 Å². The Morgan fingerprint density at radius 2 is 2.12 bits per heavy atom. The highest BCUT2D eigenvalue weighted by molar-refractivity contribution is 6.11. The van der Waals surface area contributed by atoms with Crippen LogP contribution in [0.1, 0.15) is 29.4 Å². The molecule has 1 aliphatic heterocycles. The molecule has 0 unspecified atom stereocenters. The van der Waals surface area contributed by atoms with Crippen LogP contribution in [0.15, 0.2) is 18.3 Å². The van der Waals surface area contributed by atoms with Crippen molar-refractivity contribution in [3.8, 4) is 6.01 Å². The van der Waals surface area contributed by atoms with Crippen LogP contribution in [0.4, 0.5) is 0 Å². The minimum Gasteiger partial charge on any atom is -0.467 e. The van der Waals surface area contributed by atoms with Crippen molar-refractivity contribution in [2.75, 3.05) is 20.2 Å². The summed E-state index contributed by atoms with van der Waals surface area (Å²) in [5.74, 6) is -0.534. The fourth-order valence-electron chi connectivity index (χ4n) is 3.30. The first-order valence-electron chi connectivity index (χ1n) is 7.91. The number of nitrogens with one attached hydrogen (secondary N) is 1. The van der Waals surface area contributed by atoms with Gasteiger partial charge in [0.15, 0.2) is 5.69 Å². The van der Waals surface area contributed by atoms with Crippen LogP contribution >= 0.6 is 12.4 Å². The number of rotatable bonds is 3. The minimum atomic E-state index is -0.534. The van der Waals surface area contributed by atoms with Crippen molar-refractivity contribution < 1.29 is 9.53 Å². The molecule has 1 fully saturated rings. The molecule has 0 aliphatic carbocycles. The number of carbonyl (C=O) groups is 1. The lowest BCUT2D eigenvalue weighted by molar-refractivity contribution is 0.0995. The van der Waals surface area contributed by atoms with E-state index in [1.54, 1.807) is 6.20 Å². The van der Waals surface area contributed by atoms with E-state index >= 15 is 0 Å². The predicted octanol–water partition coefficient (Wildman–Crippen LogP) is 1.43. The molecule has 3 N–H and O–H groups in total. The number of methoxy groups -OCH3 is 1. The Morgan fingerprint density at radius 1 is 1.36 bits per heavy atom. The number of halogens is 1. The number of nitrogens with two attached hydrogens (primary N) is 1. The van der Waals surface area contributed by atoms with E-state index in [-0.39, 0.29) is 30.2 Å². The largest absolute Gasteiger partial charge is 0.467 e. The second-order valence-corrected chi connectivity index (χ2v) is 5.89. The smallest absolute Gasteiger partial charge is 0.316 e. The maximum atomic E-state index is 11.8. The van der Waals surface area contributed by atoms with E-state index in [0.717, 1.165) is 42.4 Å². The van der Waals surface area contributed by atoms with E-state index < -0.39 is 5.91 Å². The molecule has 8 nitrogen and oxygen atoms in total. The van der Waals surface area contributed by atoms with Gasteiger partial charge in [0.2, 0.25) is 0 Å². The first-order valence-corrected chi connectivity index (χ1v) is 7.91. The number of aromatic nitrogens is 4. The Kier molecular flexibility index (Phi) is 4.73. The minimum absolute atomic E-state index is 0. The van der Waals surface area contributed by atoms with Gasteiger partial charge in [0.25, 0.3) is 5.91 Å². The number of fused-ring (bicyclic) bond motifs is 3. The van der Waals surface area contributed by atoms with Crippen molar-refractivity contribution in [3.63, 3.8) is 0 Å². The summed E-state index contributed by atoms with van der Waals surface area (Å²) in [4.78, 5) is 20.5. The number of piperidine rings is 1. The molecule has 0 spiro atoms. The normalized spacial score (nSPS) is 15.2. The molecule has 1 aromatic carbocycles. The average molecular weight is 363 g/mol. The van der Waals surface area contributed by atoms with Gasteiger partial charge in [-0.15, -0.1) is 12.4 Å². The number of nitrogens with zero attached hydrogens (tertiary/aromatic N) is 4. The summed E-state index contributed by atoms with van der Waals surface area (Å²) in [5.41, 5.74) is 7.35. The summed E-state index contributed by atoms with van der Waals surface area (Å²) in [5, 5.41) is 9.46. The number of carbonyl (C=O) groups excluding carboxylic acids is 1. The van der Waals surface area contributed by atoms with Gasteiger partial charge in [0.05, 0.1) is 18.7 Å². The summed E-state index contributed by atoms with van der Waals surface area (Å²) < 4.78 is 7.07. The molecule has 0 radical (unpaired) electrons. The van der Waals surface area contributed by atoms with Gasteiger partial charge in [0, 0.05) is 17.0 Å². The van der Waals surface area contributed by atoms with E-state index in [1.165, 1.54) is 7.11 Å². The average Bonchev–Trinajstić information content (AvgIpc) is 3.02. The molecule has 9 heteroatoms. The van der Waals surface area contributed by atoms with E-state index in [9.17, 15) is 4.79 Å². The number of hydrogen-bond acceptors (Lipinski definition) is 6. The number of hydrogen-bond donors (Lipinski definition) is 2. The van der Waals surface area contributed by atoms with Crippen molar-refractivity contribution in [2.45, 2.75) is 18.9 Å². The molecule has 2 aromatic heterocycles. The molecule has 1 saturated heterocycles. The summed E-state index contributed by atoms with van der Waals surface area (Å²) >= 11 is 0. The maximum absolute atomic E-state index is 11.8. The Balaban J connectivity index is 0.00000182. The zero-order valence-electron chi connectivity index (χ0n) is 13.7. The predicted molar refractivity (Wildman–Crippen MR) is 96.3 cm³/mol. The maximum Gasteiger partial charge on any atom is 0.316 e. The lowest BCUT2D eigenvalue weighted by Gasteiger charge is -2.23. The highest BCUT2D eigenvalue weighted by atomic mass is 35.5. The fraction of sp³-hybridized carbons (Fsp3) is 0.375. The number of ether oxygens (including phenoxy) is 1. The van der Waals surface area contributed by atoms with Crippen molar-refractivity contribution in [1.82, 2.24) is 25.1 Å². The van der Waals surface area contributed by atoms with Gasteiger partial charge in [-0.25, -0.2) is 4.98 Å². The molecular weight excluding hydrogens is 344 g/mol. The summed E-state index contributed by atoms with van der Waals surface area (Å²) in [6.07, 6.45) is 3.59.